The normalized spacial score (nSPS) is 16.6. The van der Waals surface area contributed by atoms with Crippen molar-refractivity contribution in [3.8, 4) is 11.3 Å². The molecule has 4 rings (SSSR count). The van der Waals surface area contributed by atoms with Crippen molar-refractivity contribution in [2.75, 3.05) is 7.05 Å². The van der Waals surface area contributed by atoms with Crippen molar-refractivity contribution >= 4 is 40.6 Å². The molecule has 3 aromatic rings. The van der Waals surface area contributed by atoms with E-state index in [1.807, 2.05) is 0 Å². The van der Waals surface area contributed by atoms with Gasteiger partial charge in [0.05, 0.1) is 16.6 Å². The highest BCUT2D eigenvalue weighted by atomic mass is 32.2. The van der Waals surface area contributed by atoms with Gasteiger partial charge < -0.3 is 14.3 Å². The molecule has 0 spiro atoms. The number of nitrogens with zero attached hydrogens (tertiary/aromatic N) is 2. The Kier molecular flexibility index (Phi) is 5.24. The van der Waals surface area contributed by atoms with E-state index >= 15 is 0 Å². The maximum atomic E-state index is 13.1. The van der Waals surface area contributed by atoms with E-state index < -0.39 is 5.97 Å². The second kappa shape index (κ2) is 8.00. The lowest BCUT2D eigenvalue weighted by Crippen LogP contribution is -2.23. The molecule has 0 saturated carbocycles. The van der Waals surface area contributed by atoms with Crippen molar-refractivity contribution in [1.82, 2.24) is 4.90 Å². The number of rotatable bonds is 4. The van der Waals surface area contributed by atoms with Gasteiger partial charge in [0.1, 0.15) is 17.3 Å². The summed E-state index contributed by atoms with van der Waals surface area (Å²) in [6, 6.07) is 15.4. The number of carbonyl (C=O) groups is 2. The molecule has 6 nitrogen and oxygen atoms in total. The van der Waals surface area contributed by atoms with Gasteiger partial charge in [-0.15, -0.1) is 0 Å². The number of carbonyl (C=O) groups excluding carboxylic acids is 2. The maximum Gasteiger partial charge on any atom is 0.266 e. The molecule has 0 N–H and O–H groups in total. The van der Waals surface area contributed by atoms with Crippen LogP contribution in [0, 0.1) is 5.82 Å². The van der Waals surface area contributed by atoms with Crippen molar-refractivity contribution in [2.45, 2.75) is 0 Å². The molecule has 0 aliphatic carbocycles. The number of amidine groups is 1. The van der Waals surface area contributed by atoms with Crippen molar-refractivity contribution in [1.29, 1.82) is 0 Å². The molecule has 1 aliphatic heterocycles. The predicted molar refractivity (Wildman–Crippen MR) is 110 cm³/mol. The lowest BCUT2D eigenvalue weighted by molar-refractivity contribution is -0.255. The minimum atomic E-state index is -1.30. The fraction of sp³-hybridized carbons (Fsp3) is 0.0455. The van der Waals surface area contributed by atoms with Gasteiger partial charge in [-0.3, -0.25) is 9.69 Å². The SMILES string of the molecule is CN1C(=O)/C(=C/c2ccc(-c3ccc(F)cc3)o2)SC1=Nc1cccc(C(=O)[O-])c1. The van der Waals surface area contributed by atoms with E-state index in [0.29, 0.717) is 27.3 Å². The molecule has 0 radical (unpaired) electrons. The summed E-state index contributed by atoms with van der Waals surface area (Å²) in [6.45, 7) is 0. The van der Waals surface area contributed by atoms with Crippen LogP contribution in [0.15, 0.2) is 75.0 Å². The Morgan fingerprint density at radius 2 is 1.93 bits per heavy atom. The number of hydrogen-bond donors (Lipinski definition) is 0. The number of benzene rings is 2. The van der Waals surface area contributed by atoms with Gasteiger partial charge in [-0.1, -0.05) is 12.1 Å². The van der Waals surface area contributed by atoms with E-state index in [1.54, 1.807) is 49.5 Å². The molecule has 2 aromatic carbocycles. The number of amides is 1. The van der Waals surface area contributed by atoms with Crippen molar-refractivity contribution < 1.29 is 23.5 Å². The lowest BCUT2D eigenvalue weighted by Gasteiger charge is -2.08. The molecular formula is C22H14FN2O4S-. The van der Waals surface area contributed by atoms with Gasteiger partial charge in [0.25, 0.3) is 5.91 Å². The number of hydrogen-bond acceptors (Lipinski definition) is 6. The highest BCUT2D eigenvalue weighted by Crippen LogP contribution is 2.34. The van der Waals surface area contributed by atoms with E-state index in [0.717, 1.165) is 17.3 Å². The van der Waals surface area contributed by atoms with E-state index in [1.165, 1.54) is 29.2 Å². The molecule has 1 aliphatic rings. The Labute approximate surface area is 175 Å². The quantitative estimate of drug-likeness (QED) is 0.600. The zero-order valence-corrected chi connectivity index (χ0v) is 16.5. The molecule has 1 amide bonds. The monoisotopic (exact) mass is 421 g/mol. The standard InChI is InChI=1S/C22H15FN2O4S/c1-25-20(26)19(30-22(25)24-16-4-2-3-14(11-16)21(27)28)12-17-9-10-18(29-17)13-5-7-15(23)8-6-13/h2-12H,1H3,(H,27,28)/p-1/b19-12-,24-22?. The summed E-state index contributed by atoms with van der Waals surface area (Å²) >= 11 is 1.15. The summed E-state index contributed by atoms with van der Waals surface area (Å²) in [4.78, 5) is 29.7. The molecule has 2 heterocycles. The lowest BCUT2D eigenvalue weighted by atomic mass is 10.2. The van der Waals surface area contributed by atoms with E-state index in [2.05, 4.69) is 4.99 Å². The molecule has 0 bridgehead atoms. The van der Waals surface area contributed by atoms with Crippen LogP contribution < -0.4 is 5.11 Å². The number of likely N-dealkylation sites (N-methyl/N-ethyl adjacent to an activating group) is 1. The summed E-state index contributed by atoms with van der Waals surface area (Å²) < 4.78 is 18.8. The largest absolute Gasteiger partial charge is 0.545 e. The minimum absolute atomic E-state index is 0.00787. The van der Waals surface area contributed by atoms with E-state index in [9.17, 15) is 19.1 Å². The van der Waals surface area contributed by atoms with Gasteiger partial charge in [0.15, 0.2) is 5.17 Å². The molecule has 0 unspecified atom stereocenters. The summed E-state index contributed by atoms with van der Waals surface area (Å²) in [5.41, 5.74) is 1.13. The summed E-state index contributed by atoms with van der Waals surface area (Å²) in [5, 5.41) is 11.4. The van der Waals surface area contributed by atoms with Crippen LogP contribution >= 0.6 is 11.8 Å². The Morgan fingerprint density at radius 1 is 1.17 bits per heavy atom. The van der Waals surface area contributed by atoms with Crippen LogP contribution in [0.2, 0.25) is 0 Å². The molecule has 0 atom stereocenters. The fourth-order valence-electron chi connectivity index (χ4n) is 2.79. The van der Waals surface area contributed by atoms with Gasteiger partial charge in [0.2, 0.25) is 0 Å². The first-order valence-corrected chi connectivity index (χ1v) is 9.66. The van der Waals surface area contributed by atoms with Crippen LogP contribution in [-0.4, -0.2) is 29.0 Å². The number of aromatic carboxylic acids is 1. The Balaban J connectivity index is 1.58. The summed E-state index contributed by atoms with van der Waals surface area (Å²) in [5.74, 6) is -0.858. The van der Waals surface area contributed by atoms with Crippen LogP contribution in [0.5, 0.6) is 0 Å². The van der Waals surface area contributed by atoms with Crippen molar-refractivity contribution in [3.05, 3.63) is 82.7 Å². The number of aliphatic imine (C=N–C) groups is 1. The molecule has 1 fully saturated rings. The van der Waals surface area contributed by atoms with Gasteiger partial charge in [-0.2, -0.15) is 0 Å². The predicted octanol–water partition coefficient (Wildman–Crippen LogP) is 3.68. The zero-order valence-electron chi connectivity index (χ0n) is 15.7. The van der Waals surface area contributed by atoms with Gasteiger partial charge >= 0.3 is 0 Å². The number of halogens is 1. The second-order valence-corrected chi connectivity index (χ2v) is 7.42. The van der Waals surface area contributed by atoms with Crippen LogP contribution in [0.4, 0.5) is 10.1 Å². The Hall–Kier alpha value is -3.65. The van der Waals surface area contributed by atoms with Gasteiger partial charge in [0, 0.05) is 18.7 Å². The number of carboxylic acids is 1. The van der Waals surface area contributed by atoms with Crippen LogP contribution in [0.3, 0.4) is 0 Å². The summed E-state index contributed by atoms with van der Waals surface area (Å²) in [6.07, 6.45) is 1.61. The topological polar surface area (TPSA) is 85.9 Å². The van der Waals surface area contributed by atoms with Crippen LogP contribution in [0.25, 0.3) is 17.4 Å². The second-order valence-electron chi connectivity index (χ2n) is 6.42. The molecule has 30 heavy (non-hydrogen) atoms. The third-order valence-electron chi connectivity index (χ3n) is 4.34. The third-order valence-corrected chi connectivity index (χ3v) is 5.40. The highest BCUT2D eigenvalue weighted by Gasteiger charge is 2.30. The van der Waals surface area contributed by atoms with Crippen LogP contribution in [0.1, 0.15) is 16.1 Å². The average Bonchev–Trinajstić information content (AvgIpc) is 3.30. The average molecular weight is 421 g/mol. The van der Waals surface area contributed by atoms with Crippen molar-refractivity contribution in [3.63, 3.8) is 0 Å². The molecule has 1 aromatic heterocycles. The molecule has 8 heteroatoms. The van der Waals surface area contributed by atoms with Crippen molar-refractivity contribution in [2.24, 2.45) is 4.99 Å². The van der Waals surface area contributed by atoms with Gasteiger partial charge in [-0.25, -0.2) is 9.38 Å². The first-order chi connectivity index (χ1) is 14.4. The number of furan rings is 1. The fourth-order valence-corrected chi connectivity index (χ4v) is 3.76. The molecular weight excluding hydrogens is 407 g/mol. The third kappa shape index (κ3) is 4.04. The Bertz CT molecular complexity index is 1200. The zero-order chi connectivity index (χ0) is 21.3. The summed E-state index contributed by atoms with van der Waals surface area (Å²) in [7, 11) is 1.59. The van der Waals surface area contributed by atoms with E-state index in [4.69, 9.17) is 4.42 Å². The number of carboxylic acid groups (broad SMARTS) is 1. The smallest absolute Gasteiger partial charge is 0.266 e. The van der Waals surface area contributed by atoms with E-state index in [-0.39, 0.29) is 17.3 Å². The first kappa shape index (κ1) is 19.7. The number of thioether (sulfide) groups is 1. The maximum absolute atomic E-state index is 13.1. The highest BCUT2D eigenvalue weighted by molar-refractivity contribution is 8.18. The van der Waals surface area contributed by atoms with Crippen LogP contribution in [-0.2, 0) is 4.79 Å². The van der Waals surface area contributed by atoms with Gasteiger partial charge in [-0.05, 0) is 65.9 Å². The molecule has 150 valence electrons. The Morgan fingerprint density at radius 3 is 2.67 bits per heavy atom. The minimum Gasteiger partial charge on any atom is -0.545 e. The first-order valence-electron chi connectivity index (χ1n) is 8.84. The molecule has 1 saturated heterocycles.